The molecule has 0 bridgehead atoms. The summed E-state index contributed by atoms with van der Waals surface area (Å²) in [6.07, 6.45) is 3.57. The summed E-state index contributed by atoms with van der Waals surface area (Å²) in [6.45, 7) is 6.58. The highest BCUT2D eigenvalue weighted by molar-refractivity contribution is 6.08. The van der Waals surface area contributed by atoms with Crippen LogP contribution in [0.1, 0.15) is 47.7 Å². The van der Waals surface area contributed by atoms with Crippen LogP contribution >= 0.6 is 0 Å². The fourth-order valence-corrected chi connectivity index (χ4v) is 4.75. The van der Waals surface area contributed by atoms with Crippen LogP contribution in [-0.4, -0.2) is 38.6 Å². The molecule has 1 fully saturated rings. The van der Waals surface area contributed by atoms with Gasteiger partial charge in [0.2, 0.25) is 0 Å². The molecule has 2 aromatic rings. The zero-order valence-corrected chi connectivity index (χ0v) is 18.1. The first-order valence-corrected chi connectivity index (χ1v) is 10.8. The van der Waals surface area contributed by atoms with Gasteiger partial charge < -0.3 is 14.5 Å². The first kappa shape index (κ1) is 20.5. The van der Waals surface area contributed by atoms with E-state index in [9.17, 15) is 9.59 Å². The van der Waals surface area contributed by atoms with Crippen molar-refractivity contribution in [2.24, 2.45) is 5.41 Å². The number of carbonyl (C=O) groups excluding carboxylic acids is 2. The average molecular weight is 407 g/mol. The number of rotatable bonds is 3. The maximum atomic E-state index is 13.6. The van der Waals surface area contributed by atoms with E-state index in [0.717, 1.165) is 35.5 Å². The summed E-state index contributed by atoms with van der Waals surface area (Å²) < 4.78 is 5.08. The smallest absolute Gasteiger partial charge is 0.311 e. The second-order valence-corrected chi connectivity index (χ2v) is 8.76. The molecular formula is C25H30N2O3. The summed E-state index contributed by atoms with van der Waals surface area (Å²) in [4.78, 5) is 30.3. The molecule has 1 amide bonds. The van der Waals surface area contributed by atoms with Gasteiger partial charge in [-0.2, -0.15) is 0 Å². The fourth-order valence-electron chi connectivity index (χ4n) is 4.75. The van der Waals surface area contributed by atoms with Crippen molar-refractivity contribution in [3.63, 3.8) is 0 Å². The first-order chi connectivity index (χ1) is 14.4. The van der Waals surface area contributed by atoms with Crippen LogP contribution in [0.15, 0.2) is 42.5 Å². The van der Waals surface area contributed by atoms with Gasteiger partial charge in [0.25, 0.3) is 5.91 Å². The second kappa shape index (κ2) is 8.13. The van der Waals surface area contributed by atoms with Gasteiger partial charge in [0, 0.05) is 36.6 Å². The van der Waals surface area contributed by atoms with E-state index in [1.807, 2.05) is 49.1 Å². The average Bonchev–Trinajstić information content (AvgIpc) is 3.23. The minimum atomic E-state index is -0.644. The van der Waals surface area contributed by atoms with Crippen LogP contribution in [0.4, 0.5) is 11.4 Å². The largest absolute Gasteiger partial charge is 0.469 e. The summed E-state index contributed by atoms with van der Waals surface area (Å²) >= 11 is 0. The van der Waals surface area contributed by atoms with Gasteiger partial charge in [0.1, 0.15) is 0 Å². The number of hydrogen-bond donors (Lipinski definition) is 0. The molecule has 158 valence electrons. The lowest BCUT2D eigenvalue weighted by Gasteiger charge is -2.26. The van der Waals surface area contributed by atoms with Crippen molar-refractivity contribution >= 4 is 23.3 Å². The molecule has 0 aromatic heterocycles. The number of benzene rings is 2. The first-order valence-electron chi connectivity index (χ1n) is 10.8. The molecule has 2 aliphatic heterocycles. The molecule has 1 unspecified atom stereocenters. The Morgan fingerprint density at radius 1 is 1.03 bits per heavy atom. The summed E-state index contributed by atoms with van der Waals surface area (Å²) in [5, 5.41) is 0. The number of amides is 1. The molecule has 4 rings (SSSR count). The van der Waals surface area contributed by atoms with E-state index in [1.165, 1.54) is 25.6 Å². The van der Waals surface area contributed by atoms with Crippen molar-refractivity contribution in [2.75, 3.05) is 36.5 Å². The zero-order chi connectivity index (χ0) is 21.3. The van der Waals surface area contributed by atoms with Crippen molar-refractivity contribution in [3.8, 4) is 0 Å². The fraction of sp³-hybridized carbons (Fsp3) is 0.440. The number of esters is 1. The Hall–Kier alpha value is -2.82. The third-order valence-corrected chi connectivity index (χ3v) is 6.59. The van der Waals surface area contributed by atoms with Gasteiger partial charge in [-0.25, -0.2) is 0 Å². The predicted molar refractivity (Wildman–Crippen MR) is 119 cm³/mol. The molecule has 0 radical (unpaired) electrons. The Labute approximate surface area is 178 Å². The third-order valence-electron chi connectivity index (χ3n) is 6.59. The quantitative estimate of drug-likeness (QED) is 0.711. The van der Waals surface area contributed by atoms with Gasteiger partial charge in [-0.3, -0.25) is 9.59 Å². The molecule has 1 saturated heterocycles. The van der Waals surface area contributed by atoms with Crippen molar-refractivity contribution in [2.45, 2.75) is 39.5 Å². The lowest BCUT2D eigenvalue weighted by Crippen LogP contribution is -2.36. The number of carbonyl (C=O) groups is 2. The monoisotopic (exact) mass is 406 g/mol. The number of para-hydroxylation sites is 1. The maximum absolute atomic E-state index is 13.6. The van der Waals surface area contributed by atoms with E-state index in [0.29, 0.717) is 19.4 Å². The highest BCUT2D eigenvalue weighted by atomic mass is 16.5. The number of aryl methyl sites for hydroxylation is 1. The molecule has 2 heterocycles. The minimum Gasteiger partial charge on any atom is -0.469 e. The molecule has 0 aliphatic carbocycles. The molecule has 2 aromatic carbocycles. The Kier molecular flexibility index (Phi) is 5.54. The van der Waals surface area contributed by atoms with Crippen LogP contribution in [0, 0.1) is 12.3 Å². The molecule has 1 atom stereocenters. The molecule has 5 nitrogen and oxygen atoms in total. The van der Waals surface area contributed by atoms with E-state index in [1.54, 1.807) is 0 Å². The van der Waals surface area contributed by atoms with Crippen LogP contribution in [0.3, 0.4) is 0 Å². The van der Waals surface area contributed by atoms with Gasteiger partial charge >= 0.3 is 5.97 Å². The lowest BCUT2D eigenvalue weighted by atomic mass is 9.81. The standard InChI is InChI=1S/C25H30N2O3/c1-18-16-20(26-13-6-7-14-26)10-11-21(18)23(28)27-15-12-25(2,24(29)30-3)17-19-8-4-5-9-22(19)27/h4-5,8-11,16H,6-7,12-15,17H2,1-3H3. The Bertz CT molecular complexity index is 965. The van der Waals surface area contributed by atoms with Crippen molar-refractivity contribution in [3.05, 3.63) is 59.2 Å². The summed E-state index contributed by atoms with van der Waals surface area (Å²) in [5.41, 5.74) is 4.14. The van der Waals surface area contributed by atoms with Gasteiger partial charge in [-0.15, -0.1) is 0 Å². The van der Waals surface area contributed by atoms with Gasteiger partial charge in [-0.1, -0.05) is 18.2 Å². The summed E-state index contributed by atoms with van der Waals surface area (Å²) in [6, 6.07) is 14.0. The van der Waals surface area contributed by atoms with E-state index in [4.69, 9.17) is 4.74 Å². The topological polar surface area (TPSA) is 49.9 Å². The number of anilines is 2. The van der Waals surface area contributed by atoms with E-state index in [-0.39, 0.29) is 11.9 Å². The third kappa shape index (κ3) is 3.69. The molecule has 0 N–H and O–H groups in total. The Morgan fingerprint density at radius 2 is 1.77 bits per heavy atom. The van der Waals surface area contributed by atoms with E-state index >= 15 is 0 Å². The summed E-state index contributed by atoms with van der Waals surface area (Å²) in [5.74, 6) is -0.236. The number of ether oxygens (including phenoxy) is 1. The second-order valence-electron chi connectivity index (χ2n) is 8.76. The van der Waals surface area contributed by atoms with E-state index in [2.05, 4.69) is 17.0 Å². The number of nitrogens with zero attached hydrogens (tertiary/aromatic N) is 2. The molecular weight excluding hydrogens is 376 g/mol. The maximum Gasteiger partial charge on any atom is 0.311 e. The molecule has 0 saturated carbocycles. The number of methoxy groups -OCH3 is 1. The van der Waals surface area contributed by atoms with E-state index < -0.39 is 5.41 Å². The van der Waals surface area contributed by atoms with Gasteiger partial charge in [0.15, 0.2) is 0 Å². The predicted octanol–water partition coefficient (Wildman–Crippen LogP) is 4.37. The van der Waals surface area contributed by atoms with Crippen molar-refractivity contribution in [1.82, 2.24) is 0 Å². The SMILES string of the molecule is COC(=O)C1(C)CCN(C(=O)c2ccc(N3CCCC3)cc2C)c2ccccc2C1. The highest BCUT2D eigenvalue weighted by Crippen LogP contribution is 2.38. The molecule has 30 heavy (non-hydrogen) atoms. The zero-order valence-electron chi connectivity index (χ0n) is 18.1. The number of fused-ring (bicyclic) bond motifs is 1. The van der Waals surface area contributed by atoms with Crippen LogP contribution < -0.4 is 9.80 Å². The Balaban J connectivity index is 1.66. The molecule has 2 aliphatic rings. The van der Waals surface area contributed by atoms with Crippen LogP contribution in [0.25, 0.3) is 0 Å². The van der Waals surface area contributed by atoms with Crippen LogP contribution in [0.5, 0.6) is 0 Å². The van der Waals surface area contributed by atoms with Crippen LogP contribution in [-0.2, 0) is 16.0 Å². The van der Waals surface area contributed by atoms with Gasteiger partial charge in [0.05, 0.1) is 12.5 Å². The Morgan fingerprint density at radius 3 is 2.47 bits per heavy atom. The van der Waals surface area contributed by atoms with Crippen LogP contribution in [0.2, 0.25) is 0 Å². The minimum absolute atomic E-state index is 0.0120. The van der Waals surface area contributed by atoms with Crippen molar-refractivity contribution in [1.29, 1.82) is 0 Å². The van der Waals surface area contributed by atoms with Gasteiger partial charge in [-0.05, 0) is 74.9 Å². The normalized spacial score (nSPS) is 21.2. The summed E-state index contributed by atoms with van der Waals surface area (Å²) in [7, 11) is 1.43. The van der Waals surface area contributed by atoms with Crippen molar-refractivity contribution < 1.29 is 14.3 Å². The number of hydrogen-bond acceptors (Lipinski definition) is 4. The lowest BCUT2D eigenvalue weighted by molar-refractivity contribution is -0.152. The molecule has 5 heteroatoms. The highest BCUT2D eigenvalue weighted by Gasteiger charge is 2.39. The molecule has 0 spiro atoms.